The van der Waals surface area contributed by atoms with Crippen LogP contribution in [-0.4, -0.2) is 35.1 Å². The number of benzene rings is 4. The Kier molecular flexibility index (Phi) is 11.9. The molecule has 15 heteroatoms. The Morgan fingerprint density at radius 2 is 0.941 bits per heavy atom. The van der Waals surface area contributed by atoms with Gasteiger partial charge >= 0.3 is 11.8 Å². The summed E-state index contributed by atoms with van der Waals surface area (Å²) in [6, 6.07) is 25.4. The van der Waals surface area contributed by atoms with E-state index in [1.54, 1.807) is 74.5 Å². The number of rotatable bonds is 10. The van der Waals surface area contributed by atoms with Crippen LogP contribution < -0.4 is 21.5 Å². The first kappa shape index (κ1) is 36.8. The van der Waals surface area contributed by atoms with Crippen molar-refractivity contribution in [3.63, 3.8) is 0 Å². The monoisotopic (exact) mass is 762 g/mol. The molecule has 4 amide bonds. The number of anilines is 2. The summed E-state index contributed by atoms with van der Waals surface area (Å²) < 4.78 is 5.43. The maximum Gasteiger partial charge on any atom is 0.307 e. The average molecular weight is 764 g/mol. The summed E-state index contributed by atoms with van der Waals surface area (Å²) in [7, 11) is 0. The molecule has 4 N–H and O–H groups in total. The number of furan rings is 1. The Hall–Kier alpha value is -5.46. The zero-order valence-electron chi connectivity index (χ0n) is 26.7. The van der Waals surface area contributed by atoms with Gasteiger partial charge in [-0.2, -0.15) is 10.2 Å². The summed E-state index contributed by atoms with van der Waals surface area (Å²) in [6.45, 7) is 3.33. The second-order valence-corrected chi connectivity index (χ2v) is 12.4. The van der Waals surface area contributed by atoms with Crippen LogP contribution in [0.3, 0.4) is 0 Å². The lowest BCUT2D eigenvalue weighted by Crippen LogP contribution is -2.20. The van der Waals surface area contributed by atoms with Crippen LogP contribution in [0.1, 0.15) is 66.8 Å². The third-order valence-electron chi connectivity index (χ3n) is 7.13. The first-order chi connectivity index (χ1) is 24.4. The van der Waals surface area contributed by atoms with Crippen LogP contribution in [0, 0.1) is 0 Å². The van der Waals surface area contributed by atoms with Gasteiger partial charge in [-0.3, -0.25) is 19.2 Å². The molecule has 0 fully saturated rings. The van der Waals surface area contributed by atoms with E-state index >= 15 is 0 Å². The number of nitrogens with one attached hydrogen (secondary N) is 4. The highest BCUT2D eigenvalue weighted by Crippen LogP contribution is 2.24. The predicted molar refractivity (Wildman–Crippen MR) is 200 cm³/mol. The molecule has 258 valence electrons. The molecule has 4 aromatic carbocycles. The molecule has 5 rings (SSSR count). The van der Waals surface area contributed by atoms with Crippen molar-refractivity contribution in [2.75, 3.05) is 10.6 Å². The number of carbonyl (C=O) groups excluding carboxylic acids is 4. The highest BCUT2D eigenvalue weighted by atomic mass is 35.5. The van der Waals surface area contributed by atoms with Gasteiger partial charge in [0.25, 0.3) is 11.8 Å². The Morgan fingerprint density at radius 3 is 1.33 bits per heavy atom. The molecule has 0 aliphatic carbocycles. The fourth-order valence-corrected chi connectivity index (χ4v) is 5.47. The first-order valence-corrected chi connectivity index (χ1v) is 16.4. The van der Waals surface area contributed by atoms with Crippen molar-refractivity contribution in [1.82, 2.24) is 10.9 Å². The molecule has 0 saturated heterocycles. The standard InChI is InChI=1S/C36H26Cl4N6O5/c1-19(21-5-3-7-25(15-21)41-33(47)27-11-9-23(37)17-29(27)39)43-45-35(49)31-13-14-32(51-31)36(50)46-44-20(2)22-6-4-8-26(16-22)42-34(48)28-12-10-24(38)18-30(28)40/h3-18H,1-2H3,(H,41,47)(H,42,48)(H,45,49)(H,46,50)/b43-19+,44-20+. The molecule has 1 aromatic heterocycles. The van der Waals surface area contributed by atoms with Crippen LogP contribution in [-0.2, 0) is 0 Å². The molecule has 51 heavy (non-hydrogen) atoms. The van der Waals surface area contributed by atoms with Crippen LogP contribution in [0.4, 0.5) is 11.4 Å². The van der Waals surface area contributed by atoms with Crippen molar-refractivity contribution >= 4 is 92.8 Å². The number of carbonyl (C=O) groups is 4. The molecule has 0 saturated carbocycles. The van der Waals surface area contributed by atoms with Gasteiger partial charge in [-0.15, -0.1) is 0 Å². The number of hydrogen-bond acceptors (Lipinski definition) is 7. The third-order valence-corrected chi connectivity index (χ3v) is 8.23. The lowest BCUT2D eigenvalue weighted by Gasteiger charge is -2.09. The zero-order valence-corrected chi connectivity index (χ0v) is 29.7. The van der Waals surface area contributed by atoms with Gasteiger partial charge in [0.05, 0.1) is 32.6 Å². The highest BCUT2D eigenvalue weighted by Gasteiger charge is 2.17. The van der Waals surface area contributed by atoms with Gasteiger partial charge in [-0.05, 0) is 97.8 Å². The summed E-state index contributed by atoms with van der Waals surface area (Å²) >= 11 is 24.1. The molecular weight excluding hydrogens is 738 g/mol. The van der Waals surface area contributed by atoms with Crippen molar-refractivity contribution in [2.24, 2.45) is 10.2 Å². The van der Waals surface area contributed by atoms with Crippen molar-refractivity contribution < 1.29 is 23.6 Å². The third kappa shape index (κ3) is 9.62. The smallest absolute Gasteiger partial charge is 0.307 e. The Bertz CT molecular complexity index is 2080. The fraction of sp³-hybridized carbons (Fsp3) is 0.0556. The van der Waals surface area contributed by atoms with Crippen LogP contribution in [0.2, 0.25) is 20.1 Å². The number of amides is 4. The van der Waals surface area contributed by atoms with Crippen molar-refractivity contribution in [2.45, 2.75) is 13.8 Å². The van der Waals surface area contributed by atoms with E-state index in [0.717, 1.165) is 0 Å². The van der Waals surface area contributed by atoms with Crippen molar-refractivity contribution in [3.05, 3.63) is 151 Å². The van der Waals surface area contributed by atoms with E-state index in [1.165, 1.54) is 36.4 Å². The Labute approximate surface area is 311 Å². The zero-order chi connectivity index (χ0) is 36.7. The maximum absolute atomic E-state index is 12.7. The van der Waals surface area contributed by atoms with E-state index in [1.807, 2.05) is 0 Å². The van der Waals surface area contributed by atoms with Crippen molar-refractivity contribution in [1.29, 1.82) is 0 Å². The van der Waals surface area contributed by atoms with Gasteiger partial charge in [0.15, 0.2) is 11.5 Å². The summed E-state index contributed by atoms with van der Waals surface area (Å²) in [5.41, 5.74) is 8.32. The molecule has 0 unspecified atom stereocenters. The maximum atomic E-state index is 12.7. The number of nitrogens with zero attached hydrogens (tertiary/aromatic N) is 2. The quantitative estimate of drug-likeness (QED) is 0.0828. The second kappa shape index (κ2) is 16.5. The normalized spacial score (nSPS) is 11.5. The number of halogens is 4. The summed E-state index contributed by atoms with van der Waals surface area (Å²) in [4.78, 5) is 50.9. The first-order valence-electron chi connectivity index (χ1n) is 14.9. The second-order valence-electron chi connectivity index (χ2n) is 10.8. The minimum absolute atomic E-state index is 0.164. The van der Waals surface area contributed by atoms with Gasteiger partial charge < -0.3 is 15.1 Å². The van der Waals surface area contributed by atoms with Crippen molar-refractivity contribution in [3.8, 4) is 0 Å². The van der Waals surface area contributed by atoms with Gasteiger partial charge in [0.1, 0.15) is 0 Å². The molecule has 0 spiro atoms. The van der Waals surface area contributed by atoms with E-state index in [2.05, 4.69) is 31.7 Å². The van der Waals surface area contributed by atoms with Gasteiger partial charge in [-0.1, -0.05) is 70.7 Å². The molecule has 0 aliphatic rings. The molecule has 0 bridgehead atoms. The molecule has 0 aliphatic heterocycles. The molecular formula is C36H26Cl4N6O5. The topological polar surface area (TPSA) is 154 Å². The number of hydrogen-bond donors (Lipinski definition) is 4. The van der Waals surface area contributed by atoms with E-state index in [-0.39, 0.29) is 32.7 Å². The van der Waals surface area contributed by atoms with Gasteiger partial charge in [0.2, 0.25) is 0 Å². The Morgan fingerprint density at radius 1 is 0.529 bits per heavy atom. The molecule has 0 radical (unpaired) electrons. The lowest BCUT2D eigenvalue weighted by molar-refractivity contribution is 0.0900. The van der Waals surface area contributed by atoms with Gasteiger partial charge in [-0.25, -0.2) is 10.9 Å². The fourth-order valence-electron chi connectivity index (χ4n) is 4.48. The van der Waals surface area contributed by atoms with Crippen LogP contribution >= 0.6 is 46.4 Å². The van der Waals surface area contributed by atoms with E-state index in [9.17, 15) is 19.2 Å². The van der Waals surface area contributed by atoms with E-state index in [0.29, 0.717) is 44.0 Å². The highest BCUT2D eigenvalue weighted by molar-refractivity contribution is 6.38. The van der Waals surface area contributed by atoms with Crippen LogP contribution in [0.15, 0.2) is 112 Å². The minimum atomic E-state index is -0.700. The Balaban J connectivity index is 1.16. The van der Waals surface area contributed by atoms with Crippen LogP contribution in [0.25, 0.3) is 0 Å². The summed E-state index contributed by atoms with van der Waals surface area (Å²) in [5, 5.41) is 15.0. The van der Waals surface area contributed by atoms with E-state index < -0.39 is 23.6 Å². The SMILES string of the molecule is C/C(=N\NC(=O)c1ccc(C(=O)N/N=C(\C)c2cccc(NC(=O)c3ccc(Cl)cc3Cl)c2)o1)c1cccc(NC(=O)c2ccc(Cl)cc2Cl)c1. The largest absolute Gasteiger partial charge is 0.446 e. The minimum Gasteiger partial charge on any atom is -0.446 e. The van der Waals surface area contributed by atoms with E-state index in [4.69, 9.17) is 50.8 Å². The number of hydrazone groups is 2. The lowest BCUT2D eigenvalue weighted by atomic mass is 10.1. The summed E-state index contributed by atoms with van der Waals surface area (Å²) in [5.74, 6) is -2.58. The molecule has 11 nitrogen and oxygen atoms in total. The molecule has 0 atom stereocenters. The van der Waals surface area contributed by atoms with Gasteiger partial charge in [0, 0.05) is 21.4 Å². The molecule has 5 aromatic rings. The average Bonchev–Trinajstić information content (AvgIpc) is 3.60. The van der Waals surface area contributed by atoms with Crippen LogP contribution in [0.5, 0.6) is 0 Å². The summed E-state index contributed by atoms with van der Waals surface area (Å²) in [6.07, 6.45) is 0. The predicted octanol–water partition coefficient (Wildman–Crippen LogP) is 8.71. The molecule has 1 heterocycles.